The van der Waals surface area contributed by atoms with Crippen molar-refractivity contribution in [1.82, 2.24) is 15.1 Å². The number of piperidine rings is 1. The van der Waals surface area contributed by atoms with Gasteiger partial charge in [-0.25, -0.2) is 0 Å². The van der Waals surface area contributed by atoms with Crippen LogP contribution in [0.25, 0.3) is 0 Å². The van der Waals surface area contributed by atoms with E-state index in [2.05, 4.69) is 20.4 Å². The molecule has 1 fully saturated rings. The largest absolute Gasteiger partial charge is 0.369 e. The molecule has 2 rings (SSSR count). The van der Waals surface area contributed by atoms with E-state index in [0.717, 1.165) is 55.6 Å². The summed E-state index contributed by atoms with van der Waals surface area (Å²) in [4.78, 5) is 13.5. The van der Waals surface area contributed by atoms with Crippen LogP contribution in [0.4, 0.5) is 5.13 Å². The summed E-state index contributed by atoms with van der Waals surface area (Å²) in [6.07, 6.45) is 2.87. The van der Waals surface area contributed by atoms with Crippen molar-refractivity contribution in [3.63, 3.8) is 0 Å². The summed E-state index contributed by atoms with van der Waals surface area (Å²) in [5, 5.41) is 13.1. The summed E-state index contributed by atoms with van der Waals surface area (Å²) < 4.78 is 0. The van der Waals surface area contributed by atoms with Crippen LogP contribution in [0.15, 0.2) is 0 Å². The van der Waals surface area contributed by atoms with Gasteiger partial charge in [-0.05, 0) is 45.8 Å². The van der Waals surface area contributed by atoms with E-state index in [1.807, 2.05) is 6.92 Å². The number of nitrogens with one attached hydrogen (secondary N) is 1. The normalized spacial score (nSPS) is 17.5. The summed E-state index contributed by atoms with van der Waals surface area (Å²) in [6, 6.07) is 0. The quantitative estimate of drug-likeness (QED) is 0.756. The fraction of sp³-hybridized carbons (Fsp3) is 0.750. The zero-order valence-corrected chi connectivity index (χ0v) is 12.1. The molecule has 0 saturated carbocycles. The average molecular weight is 283 g/mol. The number of likely N-dealkylation sites (tertiary alicyclic amines) is 1. The zero-order valence-electron chi connectivity index (χ0n) is 11.3. The highest BCUT2D eigenvalue weighted by atomic mass is 32.1. The molecular weight excluding hydrogens is 262 g/mol. The monoisotopic (exact) mass is 283 g/mol. The van der Waals surface area contributed by atoms with Crippen molar-refractivity contribution in [2.45, 2.75) is 26.2 Å². The lowest BCUT2D eigenvalue weighted by atomic mass is 9.96. The van der Waals surface area contributed by atoms with Crippen molar-refractivity contribution >= 4 is 22.4 Å². The van der Waals surface area contributed by atoms with Crippen molar-refractivity contribution in [3.05, 3.63) is 5.01 Å². The lowest BCUT2D eigenvalue weighted by Crippen LogP contribution is -2.39. The van der Waals surface area contributed by atoms with Gasteiger partial charge in [0.25, 0.3) is 0 Å². The predicted molar refractivity (Wildman–Crippen MR) is 76.1 cm³/mol. The number of carbonyl (C=O) groups excluding carboxylic acids is 1. The van der Waals surface area contributed by atoms with Crippen LogP contribution in [0.2, 0.25) is 0 Å². The number of rotatable bonds is 6. The zero-order chi connectivity index (χ0) is 13.7. The van der Waals surface area contributed by atoms with Gasteiger partial charge in [-0.1, -0.05) is 11.3 Å². The maximum atomic E-state index is 11.1. The van der Waals surface area contributed by atoms with E-state index < -0.39 is 0 Å². The first-order chi connectivity index (χ1) is 9.15. The molecule has 0 aliphatic carbocycles. The Morgan fingerprint density at radius 3 is 2.79 bits per heavy atom. The standard InChI is InChI=1S/C12H21N5OS/c1-9-15-16-12(19-9)14-5-2-6-17-7-3-10(4-8-17)11(13)18/h10H,2-8H2,1H3,(H2,13,18)(H,14,16). The fourth-order valence-electron chi connectivity index (χ4n) is 2.31. The van der Waals surface area contributed by atoms with Crippen LogP contribution < -0.4 is 11.1 Å². The summed E-state index contributed by atoms with van der Waals surface area (Å²) in [5.74, 6) is -0.0632. The molecule has 2 heterocycles. The first kappa shape index (κ1) is 14.2. The summed E-state index contributed by atoms with van der Waals surface area (Å²) in [7, 11) is 0. The molecule has 0 unspecified atom stereocenters. The van der Waals surface area contributed by atoms with E-state index >= 15 is 0 Å². The third kappa shape index (κ3) is 4.43. The third-order valence-corrected chi connectivity index (χ3v) is 4.24. The molecule has 0 aromatic carbocycles. The molecule has 0 atom stereocenters. The second-order valence-electron chi connectivity index (χ2n) is 4.92. The fourth-order valence-corrected chi connectivity index (χ4v) is 2.92. The number of carbonyl (C=O) groups is 1. The highest BCUT2D eigenvalue weighted by molar-refractivity contribution is 7.15. The molecule has 0 spiro atoms. The third-order valence-electron chi connectivity index (χ3n) is 3.44. The Labute approximate surface area is 117 Å². The summed E-state index contributed by atoms with van der Waals surface area (Å²) in [5.41, 5.74) is 5.32. The van der Waals surface area contributed by atoms with E-state index in [0.29, 0.717) is 0 Å². The summed E-state index contributed by atoms with van der Waals surface area (Å²) in [6.45, 7) is 5.86. The van der Waals surface area contributed by atoms with Gasteiger partial charge in [0, 0.05) is 12.5 Å². The highest BCUT2D eigenvalue weighted by Crippen LogP contribution is 2.17. The molecular formula is C12H21N5OS. The van der Waals surface area contributed by atoms with Crippen molar-refractivity contribution in [3.8, 4) is 0 Å². The van der Waals surface area contributed by atoms with E-state index in [4.69, 9.17) is 5.73 Å². The van der Waals surface area contributed by atoms with Crippen LogP contribution in [0.3, 0.4) is 0 Å². The smallest absolute Gasteiger partial charge is 0.220 e. The molecule has 3 N–H and O–H groups in total. The number of aromatic nitrogens is 2. The SMILES string of the molecule is Cc1nnc(NCCCN2CCC(C(N)=O)CC2)s1. The van der Waals surface area contributed by atoms with Gasteiger partial charge in [0.1, 0.15) is 5.01 Å². The Bertz CT molecular complexity index is 414. The van der Waals surface area contributed by atoms with E-state index in [1.165, 1.54) is 0 Å². The molecule has 1 saturated heterocycles. The molecule has 106 valence electrons. The van der Waals surface area contributed by atoms with Gasteiger partial charge in [0.2, 0.25) is 11.0 Å². The van der Waals surface area contributed by atoms with Crippen molar-refractivity contribution in [2.75, 3.05) is 31.5 Å². The molecule has 1 amide bonds. The molecule has 1 aliphatic rings. The number of primary amides is 1. The average Bonchev–Trinajstić information content (AvgIpc) is 2.81. The van der Waals surface area contributed by atoms with Gasteiger partial charge in [0.05, 0.1) is 0 Å². The molecule has 7 heteroatoms. The van der Waals surface area contributed by atoms with Gasteiger partial charge in [-0.15, -0.1) is 10.2 Å². The topological polar surface area (TPSA) is 84.1 Å². The van der Waals surface area contributed by atoms with Crippen LogP contribution >= 0.6 is 11.3 Å². The maximum absolute atomic E-state index is 11.1. The van der Waals surface area contributed by atoms with Gasteiger partial charge >= 0.3 is 0 Å². The Morgan fingerprint density at radius 2 is 2.21 bits per heavy atom. The lowest BCUT2D eigenvalue weighted by molar-refractivity contribution is -0.123. The second kappa shape index (κ2) is 6.81. The Morgan fingerprint density at radius 1 is 1.47 bits per heavy atom. The maximum Gasteiger partial charge on any atom is 0.220 e. The summed E-state index contributed by atoms with van der Waals surface area (Å²) >= 11 is 1.58. The van der Waals surface area contributed by atoms with Crippen LogP contribution in [0.1, 0.15) is 24.3 Å². The molecule has 1 aliphatic heterocycles. The minimum absolute atomic E-state index is 0.0822. The van der Waals surface area contributed by atoms with Crippen LogP contribution in [0.5, 0.6) is 0 Å². The van der Waals surface area contributed by atoms with Gasteiger partial charge in [-0.3, -0.25) is 4.79 Å². The number of nitrogens with zero attached hydrogens (tertiary/aromatic N) is 3. The van der Waals surface area contributed by atoms with Crippen molar-refractivity contribution < 1.29 is 4.79 Å². The van der Waals surface area contributed by atoms with Crippen molar-refractivity contribution in [1.29, 1.82) is 0 Å². The van der Waals surface area contributed by atoms with Crippen LogP contribution in [-0.2, 0) is 4.79 Å². The Balaban J connectivity index is 1.58. The van der Waals surface area contributed by atoms with Gasteiger partial charge < -0.3 is 16.0 Å². The van der Waals surface area contributed by atoms with E-state index in [9.17, 15) is 4.79 Å². The first-order valence-electron chi connectivity index (χ1n) is 6.71. The molecule has 19 heavy (non-hydrogen) atoms. The molecule has 1 aromatic rings. The second-order valence-corrected chi connectivity index (χ2v) is 6.11. The predicted octanol–water partition coefficient (Wildman–Crippen LogP) is 0.846. The number of aryl methyl sites for hydroxylation is 1. The number of nitrogens with two attached hydrogens (primary N) is 1. The number of hydrogen-bond acceptors (Lipinski definition) is 6. The van der Waals surface area contributed by atoms with Crippen LogP contribution in [-0.4, -0.2) is 47.2 Å². The minimum Gasteiger partial charge on any atom is -0.369 e. The van der Waals surface area contributed by atoms with E-state index in [-0.39, 0.29) is 11.8 Å². The molecule has 0 bridgehead atoms. The van der Waals surface area contributed by atoms with Gasteiger partial charge in [0.15, 0.2) is 0 Å². The minimum atomic E-state index is -0.145. The van der Waals surface area contributed by atoms with Gasteiger partial charge in [-0.2, -0.15) is 0 Å². The first-order valence-corrected chi connectivity index (χ1v) is 7.52. The van der Waals surface area contributed by atoms with Crippen molar-refractivity contribution in [2.24, 2.45) is 11.7 Å². The Hall–Kier alpha value is -1.21. The molecule has 6 nitrogen and oxygen atoms in total. The van der Waals surface area contributed by atoms with E-state index in [1.54, 1.807) is 11.3 Å². The number of hydrogen-bond donors (Lipinski definition) is 2. The molecule has 1 aromatic heterocycles. The lowest BCUT2D eigenvalue weighted by Gasteiger charge is -2.30. The molecule has 0 radical (unpaired) electrons. The Kier molecular flexibility index (Phi) is 5.09. The number of anilines is 1. The number of amides is 1. The van der Waals surface area contributed by atoms with Crippen LogP contribution in [0, 0.1) is 12.8 Å². The highest BCUT2D eigenvalue weighted by Gasteiger charge is 2.22.